The van der Waals surface area contributed by atoms with Gasteiger partial charge in [-0.05, 0) is 74.4 Å². The minimum absolute atomic E-state index is 0.152. The van der Waals surface area contributed by atoms with Crippen molar-refractivity contribution in [3.8, 4) is 16.3 Å². The van der Waals surface area contributed by atoms with Crippen LogP contribution in [0, 0.1) is 13.8 Å². The second-order valence-electron chi connectivity index (χ2n) is 7.38. The first kappa shape index (κ1) is 20.1. The Morgan fingerprint density at radius 3 is 2.40 bits per heavy atom. The maximum atomic E-state index is 12.7. The van der Waals surface area contributed by atoms with Crippen molar-refractivity contribution in [3.05, 3.63) is 77.9 Å². The van der Waals surface area contributed by atoms with E-state index < -0.39 is 6.10 Å². The molecule has 5 heteroatoms. The highest BCUT2D eigenvalue weighted by atomic mass is 32.1. The zero-order valence-electron chi connectivity index (χ0n) is 17.3. The first-order chi connectivity index (χ1) is 14.5. The summed E-state index contributed by atoms with van der Waals surface area (Å²) >= 11 is 1.68. The van der Waals surface area contributed by atoms with Crippen molar-refractivity contribution in [3.63, 3.8) is 0 Å². The number of ether oxygens (including phenoxy) is 1. The second-order valence-corrected chi connectivity index (χ2v) is 8.42. The molecule has 1 amide bonds. The second kappa shape index (κ2) is 8.67. The van der Waals surface area contributed by atoms with E-state index in [1.807, 2.05) is 62.4 Å². The molecule has 4 rings (SSSR count). The number of fused-ring (bicyclic) bond motifs is 1. The molecule has 4 nitrogen and oxygen atoms in total. The maximum Gasteiger partial charge on any atom is 0.265 e. The Hall–Kier alpha value is -3.18. The first-order valence-corrected chi connectivity index (χ1v) is 10.9. The Kier molecular flexibility index (Phi) is 5.81. The minimum Gasteiger partial charge on any atom is -0.481 e. The number of rotatable bonds is 6. The van der Waals surface area contributed by atoms with Crippen LogP contribution in [-0.4, -0.2) is 17.0 Å². The van der Waals surface area contributed by atoms with Crippen LogP contribution >= 0.6 is 11.3 Å². The van der Waals surface area contributed by atoms with Crippen LogP contribution in [0.3, 0.4) is 0 Å². The number of thiazole rings is 1. The monoisotopic (exact) mass is 416 g/mol. The summed E-state index contributed by atoms with van der Waals surface area (Å²) in [5.41, 5.74) is 5.18. The number of aromatic nitrogens is 1. The van der Waals surface area contributed by atoms with Crippen molar-refractivity contribution < 1.29 is 9.53 Å². The van der Waals surface area contributed by atoms with Gasteiger partial charge < -0.3 is 10.1 Å². The molecule has 3 aromatic carbocycles. The summed E-state index contributed by atoms with van der Waals surface area (Å²) in [4.78, 5) is 17.4. The molecule has 4 aromatic rings. The molecule has 0 aliphatic carbocycles. The number of aryl methyl sites for hydroxylation is 2. The number of amides is 1. The fourth-order valence-electron chi connectivity index (χ4n) is 3.18. The summed E-state index contributed by atoms with van der Waals surface area (Å²) in [5, 5.41) is 3.93. The summed E-state index contributed by atoms with van der Waals surface area (Å²) in [5.74, 6) is 0.547. The van der Waals surface area contributed by atoms with E-state index in [9.17, 15) is 4.79 Å². The molecule has 1 atom stereocenters. The predicted molar refractivity (Wildman–Crippen MR) is 124 cm³/mol. The number of carbonyl (C=O) groups excluding carboxylic acids is 1. The maximum absolute atomic E-state index is 12.7. The Bertz CT molecular complexity index is 1160. The molecule has 0 aliphatic rings. The molecule has 30 heavy (non-hydrogen) atoms. The van der Waals surface area contributed by atoms with Gasteiger partial charge in [-0.15, -0.1) is 11.3 Å². The van der Waals surface area contributed by atoms with E-state index in [1.165, 1.54) is 10.3 Å². The number of hydrogen-bond acceptors (Lipinski definition) is 4. The van der Waals surface area contributed by atoms with E-state index in [-0.39, 0.29) is 5.91 Å². The predicted octanol–water partition coefficient (Wildman–Crippen LogP) is 6.38. The van der Waals surface area contributed by atoms with Gasteiger partial charge in [0.25, 0.3) is 5.91 Å². The molecule has 0 saturated carbocycles. The Balaban J connectivity index is 1.45. The van der Waals surface area contributed by atoms with Crippen LogP contribution < -0.4 is 10.1 Å². The van der Waals surface area contributed by atoms with E-state index in [0.717, 1.165) is 27.3 Å². The molecule has 0 unspecified atom stereocenters. The smallest absolute Gasteiger partial charge is 0.265 e. The SMILES string of the molecule is CC[C@@H](Oc1ccc(C)cc1)C(=O)Nc1ccc(-c2nc3ccc(C)cc3s2)cc1. The summed E-state index contributed by atoms with van der Waals surface area (Å²) in [6.07, 6.45) is 0.0445. The molecular formula is C25H24N2O2S. The first-order valence-electron chi connectivity index (χ1n) is 10.0. The highest BCUT2D eigenvalue weighted by Crippen LogP contribution is 2.31. The van der Waals surface area contributed by atoms with Crippen molar-refractivity contribution in [2.45, 2.75) is 33.3 Å². The molecule has 0 fully saturated rings. The lowest BCUT2D eigenvalue weighted by molar-refractivity contribution is -0.122. The third kappa shape index (κ3) is 4.52. The van der Waals surface area contributed by atoms with Gasteiger partial charge in [0.05, 0.1) is 10.2 Å². The van der Waals surface area contributed by atoms with Gasteiger partial charge in [0.15, 0.2) is 6.10 Å². The Labute approximate surface area is 180 Å². The molecule has 152 valence electrons. The normalized spacial score (nSPS) is 12.0. The van der Waals surface area contributed by atoms with E-state index in [1.54, 1.807) is 11.3 Å². The van der Waals surface area contributed by atoms with Crippen molar-refractivity contribution in [2.75, 3.05) is 5.32 Å². The Morgan fingerprint density at radius 2 is 1.70 bits per heavy atom. The van der Waals surface area contributed by atoms with Gasteiger partial charge >= 0.3 is 0 Å². The number of anilines is 1. The van der Waals surface area contributed by atoms with Gasteiger partial charge in [-0.2, -0.15) is 0 Å². The molecule has 1 N–H and O–H groups in total. The quantitative estimate of drug-likeness (QED) is 0.397. The minimum atomic E-state index is -0.542. The van der Waals surface area contributed by atoms with Crippen molar-refractivity contribution in [2.24, 2.45) is 0 Å². The van der Waals surface area contributed by atoms with E-state index in [4.69, 9.17) is 9.72 Å². The standard InChI is InChI=1S/C25H24N2O2S/c1-4-22(29-20-12-5-16(2)6-13-20)24(28)26-19-10-8-18(9-11-19)25-27-21-14-7-17(3)15-23(21)30-25/h5-15,22H,4H2,1-3H3,(H,26,28)/t22-/m1/s1. The summed E-state index contributed by atoms with van der Waals surface area (Å²) in [6.45, 7) is 6.05. The molecule has 0 aliphatic heterocycles. The van der Waals surface area contributed by atoms with Gasteiger partial charge in [0.2, 0.25) is 0 Å². The van der Waals surface area contributed by atoms with Gasteiger partial charge in [0, 0.05) is 11.3 Å². The number of nitrogens with zero attached hydrogens (tertiary/aromatic N) is 1. The van der Waals surface area contributed by atoms with Crippen LogP contribution in [-0.2, 0) is 4.79 Å². The zero-order valence-corrected chi connectivity index (χ0v) is 18.1. The van der Waals surface area contributed by atoms with E-state index in [2.05, 4.69) is 30.4 Å². The van der Waals surface area contributed by atoms with Crippen molar-refractivity contribution in [1.82, 2.24) is 4.98 Å². The number of benzene rings is 3. The highest BCUT2D eigenvalue weighted by Gasteiger charge is 2.18. The lowest BCUT2D eigenvalue weighted by Gasteiger charge is -2.17. The molecule has 1 heterocycles. The van der Waals surface area contributed by atoms with Crippen LogP contribution in [0.25, 0.3) is 20.8 Å². The van der Waals surface area contributed by atoms with Crippen LogP contribution in [0.4, 0.5) is 5.69 Å². The zero-order chi connectivity index (χ0) is 21.1. The summed E-state index contributed by atoms with van der Waals surface area (Å²) in [6, 6.07) is 21.8. The van der Waals surface area contributed by atoms with Crippen LogP contribution in [0.5, 0.6) is 5.75 Å². The van der Waals surface area contributed by atoms with Gasteiger partial charge in [-0.3, -0.25) is 4.79 Å². The van der Waals surface area contributed by atoms with Crippen LogP contribution in [0.15, 0.2) is 66.7 Å². The van der Waals surface area contributed by atoms with Gasteiger partial charge in [0.1, 0.15) is 10.8 Å². The van der Waals surface area contributed by atoms with E-state index >= 15 is 0 Å². The molecule has 0 spiro atoms. The Morgan fingerprint density at radius 1 is 1.00 bits per heavy atom. The fourth-order valence-corrected chi connectivity index (χ4v) is 4.25. The highest BCUT2D eigenvalue weighted by molar-refractivity contribution is 7.21. The van der Waals surface area contributed by atoms with Crippen molar-refractivity contribution in [1.29, 1.82) is 0 Å². The molecule has 0 bridgehead atoms. The third-order valence-corrected chi connectivity index (χ3v) is 5.97. The van der Waals surface area contributed by atoms with Crippen LogP contribution in [0.1, 0.15) is 24.5 Å². The summed E-state index contributed by atoms with van der Waals surface area (Å²) in [7, 11) is 0. The lowest BCUT2D eigenvalue weighted by Crippen LogP contribution is -2.32. The average Bonchev–Trinajstić information content (AvgIpc) is 3.17. The molecule has 0 radical (unpaired) electrons. The summed E-state index contributed by atoms with van der Waals surface area (Å²) < 4.78 is 7.05. The van der Waals surface area contributed by atoms with Crippen LogP contribution in [0.2, 0.25) is 0 Å². The van der Waals surface area contributed by atoms with E-state index in [0.29, 0.717) is 12.2 Å². The topological polar surface area (TPSA) is 51.2 Å². The molecular weight excluding hydrogens is 392 g/mol. The van der Waals surface area contributed by atoms with Gasteiger partial charge in [-0.1, -0.05) is 30.7 Å². The molecule has 0 saturated heterocycles. The average molecular weight is 417 g/mol. The number of nitrogens with one attached hydrogen (secondary N) is 1. The fraction of sp³-hybridized carbons (Fsp3) is 0.200. The number of carbonyl (C=O) groups is 1. The molecule has 1 aromatic heterocycles. The van der Waals surface area contributed by atoms with Crippen molar-refractivity contribution >= 4 is 33.1 Å². The largest absolute Gasteiger partial charge is 0.481 e. The number of hydrogen-bond donors (Lipinski definition) is 1. The lowest BCUT2D eigenvalue weighted by atomic mass is 10.2. The third-order valence-electron chi connectivity index (χ3n) is 4.91. The van der Waals surface area contributed by atoms with Gasteiger partial charge in [-0.25, -0.2) is 4.98 Å².